The summed E-state index contributed by atoms with van der Waals surface area (Å²) in [6.07, 6.45) is 0.797. The molecule has 1 heterocycles. The molecule has 0 saturated carbocycles. The number of ether oxygens (including phenoxy) is 1. The number of rotatable bonds is 3. The van der Waals surface area contributed by atoms with Crippen LogP contribution in [-0.4, -0.2) is 30.4 Å². The Bertz CT molecular complexity index is 496. The van der Waals surface area contributed by atoms with E-state index in [9.17, 15) is 9.59 Å². The van der Waals surface area contributed by atoms with Gasteiger partial charge in [0.2, 0.25) is 5.91 Å². The molecule has 1 fully saturated rings. The minimum atomic E-state index is -0.704. The molecule has 4 nitrogen and oxygen atoms in total. The molecule has 0 spiro atoms. The van der Waals surface area contributed by atoms with Crippen molar-refractivity contribution in [3.63, 3.8) is 0 Å². The Labute approximate surface area is 119 Å². The number of methoxy groups -OCH3 is 1. The van der Waals surface area contributed by atoms with Gasteiger partial charge in [-0.1, -0.05) is 44.2 Å². The first-order chi connectivity index (χ1) is 9.45. The van der Waals surface area contributed by atoms with Gasteiger partial charge in [0.25, 0.3) is 0 Å². The summed E-state index contributed by atoms with van der Waals surface area (Å²) >= 11 is 0. The van der Waals surface area contributed by atoms with Crippen LogP contribution in [0.25, 0.3) is 0 Å². The van der Waals surface area contributed by atoms with E-state index in [4.69, 9.17) is 4.74 Å². The Hall–Kier alpha value is -1.84. The standard InChI is InChI=1S/C16H21NO3/c1-16(2)9-10-17(11-12-7-5-4-6-8-12)14(18)13(16)15(19)20-3/h4-8,13H,9-11H2,1-3H3. The van der Waals surface area contributed by atoms with Gasteiger partial charge in [-0.15, -0.1) is 0 Å². The Morgan fingerprint density at radius 2 is 2.00 bits per heavy atom. The minimum Gasteiger partial charge on any atom is -0.468 e. The first kappa shape index (κ1) is 14.6. The lowest BCUT2D eigenvalue weighted by Gasteiger charge is -2.41. The number of carbonyl (C=O) groups is 2. The second-order valence-corrected chi connectivity index (χ2v) is 5.94. The Morgan fingerprint density at radius 3 is 2.60 bits per heavy atom. The highest BCUT2D eigenvalue weighted by Crippen LogP contribution is 2.37. The fourth-order valence-corrected chi connectivity index (χ4v) is 2.69. The third kappa shape index (κ3) is 2.84. The molecule has 1 aliphatic heterocycles. The van der Waals surface area contributed by atoms with Gasteiger partial charge in [-0.05, 0) is 17.4 Å². The van der Waals surface area contributed by atoms with Crippen LogP contribution in [0.1, 0.15) is 25.8 Å². The van der Waals surface area contributed by atoms with Gasteiger partial charge in [-0.25, -0.2) is 0 Å². The van der Waals surface area contributed by atoms with Gasteiger partial charge in [-0.3, -0.25) is 9.59 Å². The van der Waals surface area contributed by atoms with Gasteiger partial charge in [0, 0.05) is 13.1 Å². The molecule has 1 atom stereocenters. The summed E-state index contributed by atoms with van der Waals surface area (Å²) in [5.74, 6) is -1.26. The maximum atomic E-state index is 12.6. The molecule has 0 radical (unpaired) electrons. The molecule has 1 amide bonds. The lowest BCUT2D eigenvalue weighted by molar-refractivity contribution is -0.163. The number of hydrogen-bond donors (Lipinski definition) is 0. The van der Waals surface area contributed by atoms with Crippen LogP contribution in [0.4, 0.5) is 0 Å². The van der Waals surface area contributed by atoms with Gasteiger partial charge in [-0.2, -0.15) is 0 Å². The third-order valence-corrected chi connectivity index (χ3v) is 4.02. The van der Waals surface area contributed by atoms with Crippen LogP contribution in [0.3, 0.4) is 0 Å². The van der Waals surface area contributed by atoms with E-state index < -0.39 is 11.9 Å². The normalized spacial score (nSPS) is 21.6. The number of piperidine rings is 1. The lowest BCUT2D eigenvalue weighted by Crippen LogP contribution is -2.52. The van der Waals surface area contributed by atoms with Crippen LogP contribution in [0.5, 0.6) is 0 Å². The smallest absolute Gasteiger partial charge is 0.318 e. The number of nitrogens with zero attached hydrogens (tertiary/aromatic N) is 1. The molecule has 1 aliphatic rings. The molecular formula is C16H21NO3. The van der Waals surface area contributed by atoms with E-state index in [2.05, 4.69) is 0 Å². The summed E-state index contributed by atoms with van der Waals surface area (Å²) < 4.78 is 4.81. The maximum Gasteiger partial charge on any atom is 0.318 e. The van der Waals surface area contributed by atoms with Gasteiger partial charge in [0.15, 0.2) is 0 Å². The van der Waals surface area contributed by atoms with E-state index in [1.165, 1.54) is 7.11 Å². The molecule has 0 N–H and O–H groups in total. The lowest BCUT2D eigenvalue weighted by atomic mass is 9.72. The van der Waals surface area contributed by atoms with E-state index in [1.807, 2.05) is 44.2 Å². The van der Waals surface area contributed by atoms with Crippen molar-refractivity contribution in [2.24, 2.45) is 11.3 Å². The van der Waals surface area contributed by atoms with Crippen LogP contribution in [-0.2, 0) is 20.9 Å². The van der Waals surface area contributed by atoms with E-state index in [0.29, 0.717) is 13.1 Å². The SMILES string of the molecule is COC(=O)C1C(=O)N(Cc2ccccc2)CCC1(C)C. The molecule has 20 heavy (non-hydrogen) atoms. The first-order valence-electron chi connectivity index (χ1n) is 6.86. The number of esters is 1. The molecule has 4 heteroatoms. The van der Waals surface area contributed by atoms with E-state index in [0.717, 1.165) is 12.0 Å². The predicted octanol–water partition coefficient (Wildman–Crippen LogP) is 2.23. The van der Waals surface area contributed by atoms with Gasteiger partial charge < -0.3 is 9.64 Å². The van der Waals surface area contributed by atoms with Crippen LogP contribution in [0, 0.1) is 11.3 Å². The number of amides is 1. The van der Waals surface area contributed by atoms with Gasteiger partial charge >= 0.3 is 5.97 Å². The minimum absolute atomic E-state index is 0.128. The summed E-state index contributed by atoms with van der Waals surface area (Å²) in [5, 5.41) is 0. The third-order valence-electron chi connectivity index (χ3n) is 4.02. The average Bonchev–Trinajstić information content (AvgIpc) is 2.43. The number of carbonyl (C=O) groups excluding carboxylic acids is 2. The van der Waals surface area contributed by atoms with Crippen LogP contribution in [0.2, 0.25) is 0 Å². The van der Waals surface area contributed by atoms with E-state index in [-0.39, 0.29) is 11.3 Å². The highest BCUT2D eigenvalue weighted by Gasteiger charge is 2.47. The van der Waals surface area contributed by atoms with E-state index >= 15 is 0 Å². The summed E-state index contributed by atoms with van der Waals surface area (Å²) in [6, 6.07) is 9.82. The molecular weight excluding hydrogens is 254 g/mol. The topological polar surface area (TPSA) is 46.6 Å². The van der Waals surface area contributed by atoms with Crippen LogP contribution in [0.15, 0.2) is 30.3 Å². The molecule has 1 unspecified atom stereocenters. The molecule has 0 aliphatic carbocycles. The fraction of sp³-hybridized carbons (Fsp3) is 0.500. The summed E-state index contributed by atoms with van der Waals surface area (Å²) in [5.41, 5.74) is 0.723. The maximum absolute atomic E-state index is 12.6. The van der Waals surface area contributed by atoms with Crippen molar-refractivity contribution in [3.8, 4) is 0 Å². The monoisotopic (exact) mass is 275 g/mol. The first-order valence-corrected chi connectivity index (χ1v) is 6.86. The molecule has 2 rings (SSSR count). The van der Waals surface area contributed by atoms with Crippen molar-refractivity contribution >= 4 is 11.9 Å². The van der Waals surface area contributed by atoms with Crippen molar-refractivity contribution in [3.05, 3.63) is 35.9 Å². The molecule has 108 valence electrons. The van der Waals surface area contributed by atoms with Crippen LogP contribution < -0.4 is 0 Å². The zero-order valence-electron chi connectivity index (χ0n) is 12.3. The Kier molecular flexibility index (Phi) is 4.12. The molecule has 1 aromatic rings. The average molecular weight is 275 g/mol. The number of likely N-dealkylation sites (tertiary alicyclic amines) is 1. The van der Waals surface area contributed by atoms with Crippen molar-refractivity contribution in [2.45, 2.75) is 26.8 Å². The van der Waals surface area contributed by atoms with Gasteiger partial charge in [0.1, 0.15) is 5.92 Å². The zero-order valence-corrected chi connectivity index (χ0v) is 12.3. The quantitative estimate of drug-likeness (QED) is 0.628. The molecule has 1 aromatic carbocycles. The van der Waals surface area contributed by atoms with Crippen molar-refractivity contribution < 1.29 is 14.3 Å². The fourth-order valence-electron chi connectivity index (χ4n) is 2.69. The highest BCUT2D eigenvalue weighted by atomic mass is 16.5. The Morgan fingerprint density at radius 1 is 1.35 bits per heavy atom. The van der Waals surface area contributed by atoms with Crippen molar-refractivity contribution in [1.82, 2.24) is 4.90 Å². The van der Waals surface area contributed by atoms with Crippen LogP contribution >= 0.6 is 0 Å². The zero-order chi connectivity index (χ0) is 14.8. The predicted molar refractivity (Wildman–Crippen MR) is 75.8 cm³/mol. The molecule has 0 aromatic heterocycles. The molecule has 1 saturated heterocycles. The summed E-state index contributed by atoms with van der Waals surface area (Å²) in [6.45, 7) is 5.12. The summed E-state index contributed by atoms with van der Waals surface area (Å²) in [7, 11) is 1.34. The van der Waals surface area contributed by atoms with E-state index in [1.54, 1.807) is 4.90 Å². The molecule has 0 bridgehead atoms. The number of benzene rings is 1. The largest absolute Gasteiger partial charge is 0.468 e. The summed E-state index contributed by atoms with van der Waals surface area (Å²) in [4.78, 5) is 26.2. The van der Waals surface area contributed by atoms with Crippen molar-refractivity contribution in [2.75, 3.05) is 13.7 Å². The van der Waals surface area contributed by atoms with Crippen molar-refractivity contribution in [1.29, 1.82) is 0 Å². The highest BCUT2D eigenvalue weighted by molar-refractivity contribution is 5.99. The van der Waals surface area contributed by atoms with Gasteiger partial charge in [0.05, 0.1) is 7.11 Å². The second kappa shape index (κ2) is 5.65. The second-order valence-electron chi connectivity index (χ2n) is 5.94. The number of hydrogen-bond acceptors (Lipinski definition) is 3. The Balaban J connectivity index is 2.17.